The van der Waals surface area contributed by atoms with Crippen LogP contribution >= 0.6 is 11.3 Å². The Morgan fingerprint density at radius 1 is 0.491 bits per heavy atom. The molecule has 6 nitrogen and oxygen atoms in total. The van der Waals surface area contributed by atoms with Crippen LogP contribution in [-0.2, 0) is 16.0 Å². The molecule has 2 aliphatic carbocycles. The van der Waals surface area contributed by atoms with Gasteiger partial charge < -0.3 is 20.1 Å². The van der Waals surface area contributed by atoms with Crippen molar-refractivity contribution in [2.45, 2.75) is 292 Å². The molecular weight excluding hydrogens is 1390 g/mol. The minimum Gasteiger partial charge on any atom is -0.453 e. The molecule has 0 bridgehead atoms. The van der Waals surface area contributed by atoms with E-state index in [-0.39, 0.29) is 48.1 Å². The summed E-state index contributed by atoms with van der Waals surface area (Å²) in [5.41, 5.74) is 13.3. The van der Waals surface area contributed by atoms with Crippen LogP contribution in [0.5, 0.6) is 0 Å². The van der Waals surface area contributed by atoms with Gasteiger partial charge in [0.2, 0.25) is 0 Å². The third-order valence-corrected chi connectivity index (χ3v) is 23.7. The minimum absolute atomic E-state index is 0. The first-order valence-electron chi connectivity index (χ1n) is 42.1. The van der Waals surface area contributed by atoms with Crippen molar-refractivity contribution in [2.24, 2.45) is 75.9 Å². The number of allylic oxidation sites excluding steroid dienone is 3. The van der Waals surface area contributed by atoms with Crippen molar-refractivity contribution >= 4 is 17.3 Å². The summed E-state index contributed by atoms with van der Waals surface area (Å²) in [7, 11) is 0. The quantitative estimate of drug-likeness (QED) is 0.0334. The second kappa shape index (κ2) is 50.6. The molecule has 7 unspecified atom stereocenters. The number of nitrogens with zero attached hydrogens (tertiary/aromatic N) is 1. The second-order valence-corrected chi connectivity index (χ2v) is 37.2. The van der Waals surface area contributed by atoms with E-state index in [1.165, 1.54) is 76.6 Å². The standard InChI is InChI=1S/C17H24O.C17H24.C15H30O.C15H22.C14H23NS.C14H18O2.C12H16O.CH4/c1-13(2)14(3)16(15-9-5-4-6-10-15)17(18)11-7-8-12-17;1-13(2)14(3)17(16-11-7-8-12-16)15-9-5-4-6-10-15;1-9-15(16,10-2)13(14(6,7)8)12(5)11(3)4;1-11(2)13(5)15(12(3)4)14-9-7-6-8-10-14;1-10(2)11(3)12(14(4,5)6)9-13-15-7-8-16-13;1-10(2)11(3)14(16-12(4)15)13-8-6-5-7-9-13;1-9(2)10(3)12(13)11-7-5-4-6-8-11;/h4-6,9-10,13,16,18H,3,7-8,11-12H2,1-2H3;4-6,9-10,13,16-17H,3,7-8,11-12H2,1-2H3;11,13,16H,5,9-10H2,1-4,6-8H3;6-12,15H,5H2,1-4H3;7-8,10,12H,3,9H2,1-2,4-6H3;5-10,14H,3H2,1-2,4H3;4-9,12-13H,3H2,1-2H3;1H4. The third kappa shape index (κ3) is 34.0. The number of thiazole rings is 1. The summed E-state index contributed by atoms with van der Waals surface area (Å²) in [5.74, 6) is 6.10. The largest absolute Gasteiger partial charge is 0.453 e. The molecule has 7 atom stereocenters. The topological polar surface area (TPSA) is 99.9 Å². The highest BCUT2D eigenvalue weighted by Gasteiger charge is 2.44. The van der Waals surface area contributed by atoms with E-state index in [9.17, 15) is 20.1 Å². The molecule has 1 aromatic heterocycles. The zero-order valence-corrected chi connectivity index (χ0v) is 75.4. The van der Waals surface area contributed by atoms with Gasteiger partial charge >= 0.3 is 5.97 Å². The molecule has 0 radical (unpaired) electrons. The minimum atomic E-state index is -0.612. The van der Waals surface area contributed by atoms with Gasteiger partial charge in [-0.2, -0.15) is 0 Å². The summed E-state index contributed by atoms with van der Waals surface area (Å²) in [6.45, 7) is 83.1. The Kier molecular flexibility index (Phi) is 46.6. The molecule has 0 saturated heterocycles. The highest BCUT2D eigenvalue weighted by molar-refractivity contribution is 7.09. The maximum absolute atomic E-state index is 11.1. The number of benzene rings is 5. The molecule has 0 spiro atoms. The Morgan fingerprint density at radius 3 is 1.21 bits per heavy atom. The van der Waals surface area contributed by atoms with Gasteiger partial charge in [-0.05, 0) is 147 Å². The van der Waals surface area contributed by atoms with Crippen LogP contribution in [0, 0.1) is 75.9 Å². The number of aliphatic hydroxyl groups is 3. The maximum Gasteiger partial charge on any atom is 0.303 e. The van der Waals surface area contributed by atoms with E-state index in [1.54, 1.807) is 11.3 Å². The first kappa shape index (κ1) is 103. The SMILES string of the molecule is C.C=C(C(C)C)C(C(C)(C)C)C(O)(CC)CC.C=C(C(C)C)C(Cc1nccs1)C(C)(C)C.C=C(C(C)C)C(O)c1ccccc1.C=C(C(C)C)C(OC(C)=O)c1ccccc1.C=C(C(C)C)C(c1ccccc1)C(C)C.C=C(C(C)C)C(c1ccccc1)C1(O)CCCC1.C=C(C(C)C)C(c1ccccc1)C1CCCC1. The predicted molar refractivity (Wildman–Crippen MR) is 492 cm³/mol. The summed E-state index contributed by atoms with van der Waals surface area (Å²) in [6.07, 6.45) is 13.3. The van der Waals surface area contributed by atoms with Crippen LogP contribution in [0.15, 0.2) is 248 Å². The van der Waals surface area contributed by atoms with E-state index in [0.29, 0.717) is 59.2 Å². The van der Waals surface area contributed by atoms with E-state index in [0.717, 1.165) is 78.7 Å². The van der Waals surface area contributed by atoms with Gasteiger partial charge in [0.25, 0.3) is 0 Å². The summed E-state index contributed by atoms with van der Waals surface area (Å²) >= 11 is 1.74. The van der Waals surface area contributed by atoms with Gasteiger partial charge in [-0.15, -0.1) is 11.3 Å². The average molecular weight is 1550 g/mol. The van der Waals surface area contributed by atoms with Gasteiger partial charge in [-0.1, -0.05) is 425 Å². The molecule has 1 heterocycles. The smallest absolute Gasteiger partial charge is 0.303 e. The number of aromatic nitrogens is 1. The molecule has 6 aromatic rings. The Bertz CT molecular complexity index is 3620. The molecule has 2 aliphatic rings. The van der Waals surface area contributed by atoms with Crippen molar-refractivity contribution in [3.05, 3.63) is 281 Å². The lowest BCUT2D eigenvalue weighted by Gasteiger charge is -2.45. The van der Waals surface area contributed by atoms with Crippen LogP contribution in [0.4, 0.5) is 0 Å². The maximum atomic E-state index is 11.1. The van der Waals surface area contributed by atoms with Crippen molar-refractivity contribution in [3.63, 3.8) is 0 Å². The number of ether oxygens (including phenoxy) is 1. The Morgan fingerprint density at radius 2 is 0.866 bits per heavy atom. The number of esters is 1. The second-order valence-electron chi connectivity index (χ2n) is 36.2. The van der Waals surface area contributed by atoms with Gasteiger partial charge in [0, 0.05) is 48.6 Å². The van der Waals surface area contributed by atoms with Gasteiger partial charge in [-0.25, -0.2) is 4.98 Å². The lowest BCUT2D eigenvalue weighted by molar-refractivity contribution is -0.145. The fourth-order valence-electron chi connectivity index (χ4n) is 15.5. The van der Waals surface area contributed by atoms with Gasteiger partial charge in [0.15, 0.2) is 0 Å². The summed E-state index contributed by atoms with van der Waals surface area (Å²) in [6, 6.07) is 51.3. The molecule has 3 N–H and O–H groups in total. The van der Waals surface area contributed by atoms with Crippen LogP contribution in [-0.4, -0.2) is 37.5 Å². The van der Waals surface area contributed by atoms with Crippen LogP contribution in [0.1, 0.15) is 308 Å². The van der Waals surface area contributed by atoms with Gasteiger partial charge in [-0.3, -0.25) is 4.79 Å². The van der Waals surface area contributed by atoms with Crippen LogP contribution in [0.25, 0.3) is 0 Å². The van der Waals surface area contributed by atoms with Crippen molar-refractivity contribution < 1.29 is 24.9 Å². The van der Waals surface area contributed by atoms with Gasteiger partial charge in [0.1, 0.15) is 12.2 Å². The van der Waals surface area contributed by atoms with Crippen molar-refractivity contribution in [3.8, 4) is 0 Å². The predicted octanol–water partition coefficient (Wildman–Crippen LogP) is 30.1. The van der Waals surface area contributed by atoms with E-state index < -0.39 is 17.3 Å². The first-order valence-corrected chi connectivity index (χ1v) is 43.0. The fourth-order valence-corrected chi connectivity index (χ4v) is 16.2. The van der Waals surface area contributed by atoms with Crippen molar-refractivity contribution in [2.75, 3.05) is 0 Å². The number of aliphatic hydroxyl groups excluding tert-OH is 1. The average Bonchev–Trinajstić information content (AvgIpc) is 1.18. The molecule has 7 heteroatoms. The lowest BCUT2D eigenvalue weighted by atomic mass is 9.63. The van der Waals surface area contributed by atoms with Gasteiger partial charge in [0.05, 0.1) is 16.2 Å². The highest BCUT2D eigenvalue weighted by Crippen LogP contribution is 2.48. The van der Waals surface area contributed by atoms with Crippen LogP contribution < -0.4 is 0 Å². The molecule has 112 heavy (non-hydrogen) atoms. The molecule has 0 amide bonds. The van der Waals surface area contributed by atoms with E-state index in [4.69, 9.17) is 4.74 Å². The number of hydrogen-bond acceptors (Lipinski definition) is 7. The molecule has 622 valence electrons. The van der Waals surface area contributed by atoms with Crippen LogP contribution in [0.3, 0.4) is 0 Å². The summed E-state index contributed by atoms with van der Waals surface area (Å²) in [5, 5.41) is 34.9. The summed E-state index contributed by atoms with van der Waals surface area (Å²) < 4.78 is 5.32. The Balaban J connectivity index is 0.000000654. The van der Waals surface area contributed by atoms with Crippen LogP contribution in [0.2, 0.25) is 0 Å². The molecular formula is C105H161NO5S. The molecule has 2 saturated carbocycles. The first-order chi connectivity index (χ1) is 51.8. The number of hydrogen-bond donors (Lipinski definition) is 3. The Labute approximate surface area is 692 Å². The molecule has 5 aromatic carbocycles. The van der Waals surface area contributed by atoms with E-state index in [1.807, 2.05) is 118 Å². The fraction of sp³-hybridized carbons (Fsp3) is 0.543. The zero-order chi connectivity index (χ0) is 84.3. The third-order valence-electron chi connectivity index (χ3n) is 22.9. The van der Waals surface area contributed by atoms with E-state index in [2.05, 4.69) is 262 Å². The zero-order valence-electron chi connectivity index (χ0n) is 74.6. The molecule has 0 aliphatic heterocycles. The van der Waals surface area contributed by atoms with Crippen molar-refractivity contribution in [1.29, 1.82) is 0 Å². The number of carbonyl (C=O) groups excluding carboxylic acids is 1. The Hall–Kier alpha value is -6.74. The molecule has 2 fully saturated rings. The van der Waals surface area contributed by atoms with Crippen molar-refractivity contribution in [1.82, 2.24) is 4.98 Å². The lowest BCUT2D eigenvalue weighted by Crippen LogP contribution is -2.45. The normalized spacial score (nSPS) is 15.2. The number of rotatable bonds is 28. The monoisotopic (exact) mass is 1550 g/mol. The molecule has 8 rings (SSSR count). The summed E-state index contributed by atoms with van der Waals surface area (Å²) in [4.78, 5) is 15.5. The number of carbonyl (C=O) groups is 1. The highest BCUT2D eigenvalue weighted by atomic mass is 32.1. The van der Waals surface area contributed by atoms with E-state index >= 15 is 0 Å².